The molecule has 0 bridgehead atoms. The Morgan fingerprint density at radius 1 is 1.17 bits per heavy atom. The van der Waals surface area contributed by atoms with Crippen LogP contribution in [0.1, 0.15) is 38.3 Å². The van der Waals surface area contributed by atoms with E-state index in [4.69, 9.17) is 28.9 Å². The molecule has 0 aromatic heterocycles. The van der Waals surface area contributed by atoms with Gasteiger partial charge in [-0.2, -0.15) is 0 Å². The fraction of sp³-hybridized carbons (Fsp3) is 0.538. The van der Waals surface area contributed by atoms with Crippen molar-refractivity contribution in [2.45, 2.75) is 38.8 Å². The fourth-order valence-electron chi connectivity index (χ4n) is 1.63. The minimum absolute atomic E-state index is 0. The van der Waals surface area contributed by atoms with Crippen LogP contribution >= 0.6 is 35.6 Å². The summed E-state index contributed by atoms with van der Waals surface area (Å²) in [6, 6.07) is 4.81. The Morgan fingerprint density at radius 2 is 1.78 bits per heavy atom. The molecule has 0 fully saturated rings. The standard InChI is InChI=1S/C13H19Cl2NO.ClH/c1-8(2)3-6-12(17)13(16)9-4-5-10(14)11(15)7-9;/h4-5,7-8,12-13,17H,3,6,16H2,1-2H3;1H/t12-,13+;/m1./s1. The zero-order valence-corrected chi connectivity index (χ0v) is 12.9. The van der Waals surface area contributed by atoms with E-state index < -0.39 is 12.1 Å². The van der Waals surface area contributed by atoms with Gasteiger partial charge >= 0.3 is 0 Å². The Morgan fingerprint density at radius 3 is 2.28 bits per heavy atom. The number of hydrogen-bond donors (Lipinski definition) is 2. The fourth-order valence-corrected chi connectivity index (χ4v) is 1.93. The zero-order chi connectivity index (χ0) is 13.0. The van der Waals surface area contributed by atoms with Crippen molar-refractivity contribution in [2.24, 2.45) is 11.7 Å². The highest BCUT2D eigenvalue weighted by Gasteiger charge is 2.17. The third kappa shape index (κ3) is 5.33. The van der Waals surface area contributed by atoms with Gasteiger partial charge in [0.1, 0.15) is 0 Å². The van der Waals surface area contributed by atoms with E-state index in [-0.39, 0.29) is 12.4 Å². The molecule has 0 unspecified atom stereocenters. The van der Waals surface area contributed by atoms with Crippen LogP contribution in [0.3, 0.4) is 0 Å². The molecule has 1 aromatic rings. The van der Waals surface area contributed by atoms with Gasteiger partial charge in [0, 0.05) is 0 Å². The van der Waals surface area contributed by atoms with E-state index in [0.29, 0.717) is 22.4 Å². The van der Waals surface area contributed by atoms with Crippen LogP contribution in [0.25, 0.3) is 0 Å². The summed E-state index contributed by atoms with van der Waals surface area (Å²) in [6.45, 7) is 4.24. The van der Waals surface area contributed by atoms with Crippen LogP contribution in [-0.4, -0.2) is 11.2 Å². The molecule has 2 atom stereocenters. The average Bonchev–Trinajstić information content (AvgIpc) is 2.28. The molecule has 0 aliphatic rings. The normalized spacial score (nSPS) is 14.2. The van der Waals surface area contributed by atoms with E-state index in [1.165, 1.54) is 0 Å². The van der Waals surface area contributed by atoms with Crippen molar-refractivity contribution in [1.82, 2.24) is 0 Å². The molecule has 0 saturated heterocycles. The summed E-state index contributed by atoms with van der Waals surface area (Å²) in [7, 11) is 0. The highest BCUT2D eigenvalue weighted by molar-refractivity contribution is 6.42. The maximum atomic E-state index is 9.98. The molecule has 0 aliphatic carbocycles. The lowest BCUT2D eigenvalue weighted by Gasteiger charge is -2.20. The number of halogens is 3. The first kappa shape index (κ1) is 18.0. The average molecular weight is 313 g/mol. The third-order valence-corrected chi connectivity index (χ3v) is 3.52. The van der Waals surface area contributed by atoms with Crippen molar-refractivity contribution in [1.29, 1.82) is 0 Å². The van der Waals surface area contributed by atoms with E-state index in [2.05, 4.69) is 13.8 Å². The zero-order valence-electron chi connectivity index (χ0n) is 10.6. The van der Waals surface area contributed by atoms with Crippen LogP contribution in [0.2, 0.25) is 10.0 Å². The molecule has 18 heavy (non-hydrogen) atoms. The van der Waals surface area contributed by atoms with Crippen molar-refractivity contribution in [2.75, 3.05) is 0 Å². The summed E-state index contributed by atoms with van der Waals surface area (Å²) in [6.07, 6.45) is 1.10. The second-order valence-electron chi connectivity index (χ2n) is 4.74. The van der Waals surface area contributed by atoms with Crippen molar-refractivity contribution in [3.63, 3.8) is 0 Å². The molecular weight excluding hydrogens is 293 g/mol. The molecule has 2 nitrogen and oxygen atoms in total. The summed E-state index contributed by atoms with van der Waals surface area (Å²) in [4.78, 5) is 0. The summed E-state index contributed by atoms with van der Waals surface area (Å²) in [5.41, 5.74) is 6.81. The SMILES string of the molecule is CC(C)CC[C@@H](O)[C@@H](N)c1ccc(Cl)c(Cl)c1.Cl. The monoisotopic (exact) mass is 311 g/mol. The predicted octanol–water partition coefficient (Wildman–Crippen LogP) is 4.21. The molecule has 0 heterocycles. The highest BCUT2D eigenvalue weighted by Crippen LogP contribution is 2.27. The first-order valence-corrected chi connectivity index (χ1v) is 6.56. The Bertz CT molecular complexity index is 371. The largest absolute Gasteiger partial charge is 0.391 e. The molecule has 3 N–H and O–H groups in total. The molecule has 0 spiro atoms. The molecule has 0 aliphatic heterocycles. The number of aliphatic hydroxyl groups excluding tert-OH is 1. The highest BCUT2D eigenvalue weighted by atomic mass is 35.5. The second-order valence-corrected chi connectivity index (χ2v) is 5.55. The van der Waals surface area contributed by atoms with E-state index >= 15 is 0 Å². The number of hydrogen-bond acceptors (Lipinski definition) is 2. The molecule has 104 valence electrons. The van der Waals surface area contributed by atoms with Crippen LogP contribution < -0.4 is 5.73 Å². The Hall–Kier alpha value is 0.01000. The summed E-state index contributed by atoms with van der Waals surface area (Å²) < 4.78 is 0. The van der Waals surface area contributed by atoms with Gasteiger partial charge in [-0.3, -0.25) is 0 Å². The van der Waals surface area contributed by atoms with Gasteiger partial charge in [0.05, 0.1) is 22.2 Å². The lowest BCUT2D eigenvalue weighted by Crippen LogP contribution is -2.26. The van der Waals surface area contributed by atoms with E-state index in [9.17, 15) is 5.11 Å². The Balaban J connectivity index is 0.00000289. The van der Waals surface area contributed by atoms with Crippen LogP contribution in [0.4, 0.5) is 0 Å². The molecule has 0 radical (unpaired) electrons. The molecule has 0 amide bonds. The van der Waals surface area contributed by atoms with E-state index in [0.717, 1.165) is 12.0 Å². The van der Waals surface area contributed by atoms with E-state index in [1.807, 2.05) is 0 Å². The van der Waals surface area contributed by atoms with E-state index in [1.54, 1.807) is 18.2 Å². The lowest BCUT2D eigenvalue weighted by atomic mass is 9.96. The van der Waals surface area contributed by atoms with Crippen molar-refractivity contribution >= 4 is 35.6 Å². The number of rotatable bonds is 5. The number of nitrogens with two attached hydrogens (primary N) is 1. The number of aliphatic hydroxyl groups is 1. The van der Waals surface area contributed by atoms with Gasteiger partial charge in [0.2, 0.25) is 0 Å². The van der Waals surface area contributed by atoms with Crippen molar-refractivity contribution in [3.8, 4) is 0 Å². The van der Waals surface area contributed by atoms with Gasteiger partial charge in [0.15, 0.2) is 0 Å². The van der Waals surface area contributed by atoms with Crippen LogP contribution in [-0.2, 0) is 0 Å². The maximum absolute atomic E-state index is 9.98. The van der Waals surface area contributed by atoms with Gasteiger partial charge in [-0.05, 0) is 36.5 Å². The van der Waals surface area contributed by atoms with Crippen LogP contribution in [0, 0.1) is 5.92 Å². The molecule has 1 rings (SSSR count). The number of benzene rings is 1. The second kappa shape index (κ2) is 8.23. The topological polar surface area (TPSA) is 46.2 Å². The van der Waals surface area contributed by atoms with Gasteiger partial charge < -0.3 is 10.8 Å². The molecule has 5 heteroatoms. The summed E-state index contributed by atoms with van der Waals surface area (Å²) >= 11 is 11.8. The molecular formula is C13H20Cl3NO. The van der Waals surface area contributed by atoms with Crippen molar-refractivity contribution in [3.05, 3.63) is 33.8 Å². The maximum Gasteiger partial charge on any atom is 0.0732 e. The lowest BCUT2D eigenvalue weighted by molar-refractivity contribution is 0.128. The Kier molecular flexibility index (Phi) is 8.24. The molecule has 1 aromatic carbocycles. The van der Waals surface area contributed by atoms with Gasteiger partial charge in [-0.25, -0.2) is 0 Å². The summed E-state index contributed by atoms with van der Waals surface area (Å²) in [5.74, 6) is 0.561. The first-order valence-electron chi connectivity index (χ1n) is 5.80. The van der Waals surface area contributed by atoms with Gasteiger partial charge in [-0.15, -0.1) is 12.4 Å². The first-order chi connectivity index (χ1) is 7.91. The minimum Gasteiger partial charge on any atom is -0.391 e. The Labute approximate surface area is 125 Å². The summed E-state index contributed by atoms with van der Waals surface area (Å²) in [5, 5.41) is 10.9. The minimum atomic E-state index is -0.547. The van der Waals surface area contributed by atoms with Crippen LogP contribution in [0.5, 0.6) is 0 Å². The molecule has 0 saturated carbocycles. The smallest absolute Gasteiger partial charge is 0.0732 e. The third-order valence-electron chi connectivity index (χ3n) is 2.78. The van der Waals surface area contributed by atoms with Gasteiger partial charge in [-0.1, -0.05) is 43.1 Å². The predicted molar refractivity (Wildman–Crippen MR) is 80.7 cm³/mol. The van der Waals surface area contributed by atoms with Gasteiger partial charge in [0.25, 0.3) is 0 Å². The quantitative estimate of drug-likeness (QED) is 0.855. The van der Waals surface area contributed by atoms with Crippen LogP contribution in [0.15, 0.2) is 18.2 Å². The van der Waals surface area contributed by atoms with Crippen molar-refractivity contribution < 1.29 is 5.11 Å².